The molecular weight excluding hydrogens is 336 g/mol. The molecule has 1 nitrogen and oxygen atoms in total. The van der Waals surface area contributed by atoms with Gasteiger partial charge in [-0.15, -0.1) is 0 Å². The third-order valence-electron chi connectivity index (χ3n) is 3.13. The highest BCUT2D eigenvalue weighted by atomic mass is 35.5. The van der Waals surface area contributed by atoms with E-state index < -0.39 is 0 Å². The molecule has 1 unspecified atom stereocenters. The van der Waals surface area contributed by atoms with Gasteiger partial charge in [0.15, 0.2) is 0 Å². The zero-order valence-electron chi connectivity index (χ0n) is 10.5. The van der Waals surface area contributed by atoms with Crippen LogP contribution in [0.25, 0.3) is 0 Å². The van der Waals surface area contributed by atoms with E-state index in [1.54, 1.807) is 12.1 Å². The average Bonchev–Trinajstić information content (AvgIpc) is 2.37. The Labute approximate surface area is 138 Å². The lowest BCUT2D eigenvalue weighted by Crippen LogP contribution is -2.12. The summed E-state index contributed by atoms with van der Waals surface area (Å²) in [5.74, 6) is 0. The Balaban J connectivity index is 2.11. The smallest absolute Gasteiger partial charge is 0.0468 e. The maximum atomic E-state index is 6.18. The van der Waals surface area contributed by atoms with Crippen LogP contribution in [-0.2, 0) is 6.42 Å². The molecule has 0 spiro atoms. The Kier molecular flexibility index (Phi) is 5.59. The molecule has 0 aliphatic heterocycles. The SMILES string of the molecule is NC(CCc1c(Cl)cccc1Cl)c1ccc(Cl)cc1Cl. The van der Waals surface area contributed by atoms with E-state index in [1.807, 2.05) is 24.3 Å². The fourth-order valence-electron chi connectivity index (χ4n) is 2.03. The topological polar surface area (TPSA) is 26.0 Å². The zero-order valence-corrected chi connectivity index (χ0v) is 13.6. The molecular formula is C15H13Cl4N. The van der Waals surface area contributed by atoms with Crippen molar-refractivity contribution in [1.29, 1.82) is 0 Å². The number of nitrogens with two attached hydrogens (primary N) is 1. The molecule has 5 heteroatoms. The van der Waals surface area contributed by atoms with Crippen molar-refractivity contribution in [2.75, 3.05) is 0 Å². The van der Waals surface area contributed by atoms with Gasteiger partial charge in [-0.25, -0.2) is 0 Å². The molecule has 0 saturated heterocycles. The van der Waals surface area contributed by atoms with Gasteiger partial charge in [0.05, 0.1) is 0 Å². The van der Waals surface area contributed by atoms with Gasteiger partial charge in [-0.2, -0.15) is 0 Å². The highest BCUT2D eigenvalue weighted by molar-refractivity contribution is 6.36. The molecule has 20 heavy (non-hydrogen) atoms. The normalized spacial score (nSPS) is 12.4. The molecule has 0 radical (unpaired) electrons. The summed E-state index contributed by atoms with van der Waals surface area (Å²) in [5, 5.41) is 2.49. The summed E-state index contributed by atoms with van der Waals surface area (Å²) in [6.07, 6.45) is 1.39. The summed E-state index contributed by atoms with van der Waals surface area (Å²) in [5.41, 5.74) is 7.97. The Bertz CT molecular complexity index is 593. The van der Waals surface area contributed by atoms with Crippen molar-refractivity contribution in [3.8, 4) is 0 Å². The molecule has 106 valence electrons. The van der Waals surface area contributed by atoms with Gasteiger partial charge in [0.1, 0.15) is 0 Å². The molecule has 1 atom stereocenters. The predicted octanol–water partition coefficient (Wildman–Crippen LogP) is 5.93. The first-order chi connectivity index (χ1) is 9.49. The summed E-state index contributed by atoms with van der Waals surface area (Å²) < 4.78 is 0. The summed E-state index contributed by atoms with van der Waals surface area (Å²) >= 11 is 24.3. The standard InChI is InChI=1S/C15H13Cl4N/c16-9-4-5-11(14(19)8-9)15(20)7-6-10-12(17)2-1-3-13(10)18/h1-5,8,15H,6-7,20H2. The van der Waals surface area contributed by atoms with E-state index in [9.17, 15) is 0 Å². The lowest BCUT2D eigenvalue weighted by Gasteiger charge is -2.15. The number of hydrogen-bond donors (Lipinski definition) is 1. The van der Waals surface area contributed by atoms with E-state index in [0.717, 1.165) is 11.1 Å². The zero-order chi connectivity index (χ0) is 14.7. The second-order valence-electron chi connectivity index (χ2n) is 4.51. The fraction of sp³-hybridized carbons (Fsp3) is 0.200. The van der Waals surface area contributed by atoms with Gasteiger partial charge < -0.3 is 5.73 Å². The molecule has 2 rings (SSSR count). The van der Waals surface area contributed by atoms with Gasteiger partial charge >= 0.3 is 0 Å². The van der Waals surface area contributed by atoms with Gasteiger partial charge in [-0.1, -0.05) is 58.5 Å². The molecule has 2 aromatic carbocycles. The Hall–Kier alpha value is -0.440. The average molecular weight is 349 g/mol. The summed E-state index contributed by atoms with van der Waals surface area (Å²) in [7, 11) is 0. The minimum absolute atomic E-state index is 0.188. The van der Waals surface area contributed by atoms with Crippen LogP contribution in [0.4, 0.5) is 0 Å². The number of rotatable bonds is 4. The van der Waals surface area contributed by atoms with Gasteiger partial charge in [0.25, 0.3) is 0 Å². The highest BCUT2D eigenvalue weighted by Gasteiger charge is 2.13. The van der Waals surface area contributed by atoms with E-state index in [4.69, 9.17) is 52.1 Å². The summed E-state index contributed by atoms with van der Waals surface area (Å²) in [6.45, 7) is 0. The van der Waals surface area contributed by atoms with Crippen LogP contribution in [0.5, 0.6) is 0 Å². The van der Waals surface area contributed by atoms with Crippen LogP contribution in [0.15, 0.2) is 36.4 Å². The van der Waals surface area contributed by atoms with E-state index in [2.05, 4.69) is 0 Å². The van der Waals surface area contributed by atoms with E-state index in [1.165, 1.54) is 0 Å². The molecule has 0 aromatic heterocycles. The lowest BCUT2D eigenvalue weighted by molar-refractivity contribution is 0.652. The molecule has 0 saturated carbocycles. The maximum Gasteiger partial charge on any atom is 0.0468 e. The summed E-state index contributed by atoms with van der Waals surface area (Å²) in [6, 6.07) is 10.6. The minimum atomic E-state index is -0.188. The third-order valence-corrected chi connectivity index (χ3v) is 4.40. The van der Waals surface area contributed by atoms with Gasteiger partial charge in [-0.05, 0) is 48.2 Å². The highest BCUT2D eigenvalue weighted by Crippen LogP contribution is 2.30. The second-order valence-corrected chi connectivity index (χ2v) is 6.17. The van der Waals surface area contributed by atoms with Crippen molar-refractivity contribution >= 4 is 46.4 Å². The molecule has 0 fully saturated rings. The van der Waals surface area contributed by atoms with E-state index >= 15 is 0 Å². The van der Waals surface area contributed by atoms with Crippen LogP contribution in [-0.4, -0.2) is 0 Å². The predicted molar refractivity (Wildman–Crippen MR) is 88.2 cm³/mol. The van der Waals surface area contributed by atoms with Crippen molar-refractivity contribution in [1.82, 2.24) is 0 Å². The number of hydrogen-bond acceptors (Lipinski definition) is 1. The monoisotopic (exact) mass is 347 g/mol. The van der Waals surface area contributed by atoms with Gasteiger partial charge in [0, 0.05) is 26.1 Å². The Morgan fingerprint density at radius 3 is 2.15 bits per heavy atom. The Morgan fingerprint density at radius 1 is 0.900 bits per heavy atom. The first-order valence-electron chi connectivity index (χ1n) is 6.12. The molecule has 2 aromatic rings. The number of halogens is 4. The van der Waals surface area contributed by atoms with Crippen LogP contribution in [0, 0.1) is 0 Å². The minimum Gasteiger partial charge on any atom is -0.324 e. The third kappa shape index (κ3) is 3.81. The van der Waals surface area contributed by atoms with E-state index in [-0.39, 0.29) is 6.04 Å². The van der Waals surface area contributed by atoms with Gasteiger partial charge in [0.2, 0.25) is 0 Å². The second kappa shape index (κ2) is 7.02. The van der Waals surface area contributed by atoms with Crippen LogP contribution in [0.1, 0.15) is 23.6 Å². The Morgan fingerprint density at radius 2 is 1.55 bits per heavy atom. The van der Waals surface area contributed by atoms with Crippen molar-refractivity contribution < 1.29 is 0 Å². The maximum absolute atomic E-state index is 6.18. The van der Waals surface area contributed by atoms with Crippen molar-refractivity contribution in [3.63, 3.8) is 0 Å². The van der Waals surface area contributed by atoms with Crippen molar-refractivity contribution in [2.45, 2.75) is 18.9 Å². The lowest BCUT2D eigenvalue weighted by atomic mass is 9.99. The molecule has 0 heterocycles. The largest absolute Gasteiger partial charge is 0.324 e. The molecule has 0 aliphatic carbocycles. The van der Waals surface area contributed by atoms with Crippen molar-refractivity contribution in [2.24, 2.45) is 5.73 Å². The quantitative estimate of drug-likeness (QED) is 0.727. The molecule has 0 aliphatic rings. The van der Waals surface area contributed by atoms with Gasteiger partial charge in [-0.3, -0.25) is 0 Å². The fourth-order valence-corrected chi connectivity index (χ4v) is 3.16. The van der Waals surface area contributed by atoms with Crippen molar-refractivity contribution in [3.05, 3.63) is 67.6 Å². The molecule has 0 bridgehead atoms. The first-order valence-corrected chi connectivity index (χ1v) is 7.63. The summed E-state index contributed by atoms with van der Waals surface area (Å²) in [4.78, 5) is 0. The molecule has 0 amide bonds. The molecule has 2 N–H and O–H groups in total. The number of benzene rings is 2. The van der Waals surface area contributed by atoms with E-state index in [0.29, 0.717) is 32.9 Å². The van der Waals surface area contributed by atoms with Crippen LogP contribution in [0.2, 0.25) is 20.1 Å². The van der Waals surface area contributed by atoms with Crippen LogP contribution < -0.4 is 5.73 Å². The van der Waals surface area contributed by atoms with Crippen LogP contribution in [0.3, 0.4) is 0 Å². The van der Waals surface area contributed by atoms with Crippen LogP contribution >= 0.6 is 46.4 Å². The first kappa shape index (κ1) is 15.9.